The van der Waals surface area contributed by atoms with Crippen molar-refractivity contribution in [2.45, 2.75) is 6.04 Å². The zero-order chi connectivity index (χ0) is 9.84. The van der Waals surface area contributed by atoms with Gasteiger partial charge < -0.3 is 10.5 Å². The van der Waals surface area contributed by atoms with Gasteiger partial charge in [0.05, 0.1) is 12.1 Å². The molecule has 1 aromatic heterocycles. The Morgan fingerprint density at radius 1 is 1.71 bits per heavy atom. The number of carbonyl (C=O) groups is 1. The van der Waals surface area contributed by atoms with Crippen LogP contribution >= 0.6 is 24.0 Å². The van der Waals surface area contributed by atoms with Crippen molar-refractivity contribution in [2.75, 3.05) is 7.11 Å². The van der Waals surface area contributed by atoms with Gasteiger partial charge in [0.15, 0.2) is 0 Å². The first-order chi connectivity index (χ1) is 6.16. The highest BCUT2D eigenvalue weighted by molar-refractivity contribution is 6.31. The Bertz CT molecular complexity index is 320. The molecule has 1 rings (SSSR count). The second-order valence-corrected chi connectivity index (χ2v) is 2.81. The van der Waals surface area contributed by atoms with Gasteiger partial charge in [-0.05, 0) is 6.07 Å². The number of esters is 1. The summed E-state index contributed by atoms with van der Waals surface area (Å²) in [6.45, 7) is 0. The number of nitrogens with two attached hydrogens (primary N) is 1. The van der Waals surface area contributed by atoms with Crippen molar-refractivity contribution in [3.8, 4) is 0 Å². The Morgan fingerprint density at radius 2 is 2.36 bits per heavy atom. The molecule has 4 nitrogen and oxygen atoms in total. The molecule has 2 N–H and O–H groups in total. The van der Waals surface area contributed by atoms with E-state index in [9.17, 15) is 4.79 Å². The lowest BCUT2D eigenvalue weighted by Crippen LogP contribution is -2.22. The fraction of sp³-hybridized carbons (Fsp3) is 0.250. The van der Waals surface area contributed by atoms with E-state index in [1.54, 1.807) is 6.07 Å². The molecule has 0 bridgehead atoms. The van der Waals surface area contributed by atoms with Crippen LogP contribution in [0.15, 0.2) is 18.5 Å². The molecule has 0 aliphatic carbocycles. The van der Waals surface area contributed by atoms with E-state index in [4.69, 9.17) is 17.3 Å². The lowest BCUT2D eigenvalue weighted by molar-refractivity contribution is -0.142. The smallest absolute Gasteiger partial charge is 0.327 e. The number of nitrogens with zero attached hydrogens (tertiary/aromatic N) is 1. The summed E-state index contributed by atoms with van der Waals surface area (Å²) >= 11 is 5.77. The normalized spacial score (nSPS) is 11.4. The molecule has 78 valence electrons. The van der Waals surface area contributed by atoms with Crippen LogP contribution in [0.4, 0.5) is 0 Å². The number of pyridine rings is 1. The van der Waals surface area contributed by atoms with Crippen LogP contribution in [0.3, 0.4) is 0 Å². The zero-order valence-corrected chi connectivity index (χ0v) is 9.01. The Labute approximate surface area is 92.8 Å². The highest BCUT2D eigenvalue weighted by Gasteiger charge is 2.18. The molecule has 6 heteroatoms. The van der Waals surface area contributed by atoms with E-state index in [1.165, 1.54) is 19.5 Å². The highest BCUT2D eigenvalue weighted by atomic mass is 35.5. The minimum absolute atomic E-state index is 0. The van der Waals surface area contributed by atoms with Gasteiger partial charge in [-0.25, -0.2) is 0 Å². The van der Waals surface area contributed by atoms with Crippen molar-refractivity contribution in [1.82, 2.24) is 4.98 Å². The second-order valence-electron chi connectivity index (χ2n) is 2.40. The molecule has 0 aliphatic heterocycles. The first kappa shape index (κ1) is 13.2. The highest BCUT2D eigenvalue weighted by Crippen LogP contribution is 2.20. The van der Waals surface area contributed by atoms with Crippen LogP contribution in [-0.2, 0) is 9.53 Å². The van der Waals surface area contributed by atoms with Crippen molar-refractivity contribution in [2.24, 2.45) is 5.73 Å². The second kappa shape index (κ2) is 5.80. The SMILES string of the molecule is COC(=O)[C@@H](N)c1ccncc1Cl.Cl. The predicted molar refractivity (Wildman–Crippen MR) is 55.4 cm³/mol. The average molecular weight is 237 g/mol. The topological polar surface area (TPSA) is 65.2 Å². The number of carbonyl (C=O) groups excluding carboxylic acids is 1. The fourth-order valence-corrected chi connectivity index (χ4v) is 1.13. The number of hydrogen-bond acceptors (Lipinski definition) is 4. The van der Waals surface area contributed by atoms with Crippen molar-refractivity contribution >= 4 is 30.0 Å². The number of aromatic nitrogens is 1. The van der Waals surface area contributed by atoms with Crippen molar-refractivity contribution in [1.29, 1.82) is 0 Å². The number of methoxy groups -OCH3 is 1. The maximum absolute atomic E-state index is 11.0. The quantitative estimate of drug-likeness (QED) is 0.788. The van der Waals surface area contributed by atoms with Crippen LogP contribution in [0.2, 0.25) is 5.02 Å². The van der Waals surface area contributed by atoms with Crippen molar-refractivity contribution < 1.29 is 9.53 Å². The third kappa shape index (κ3) is 2.83. The molecular weight excluding hydrogens is 227 g/mol. The number of hydrogen-bond donors (Lipinski definition) is 1. The average Bonchev–Trinajstić information content (AvgIpc) is 2.16. The third-order valence-corrected chi connectivity index (χ3v) is 1.91. The Hall–Kier alpha value is -0.840. The number of ether oxygens (including phenoxy) is 1. The summed E-state index contributed by atoms with van der Waals surface area (Å²) in [4.78, 5) is 14.8. The van der Waals surface area contributed by atoms with Gasteiger partial charge in [-0.1, -0.05) is 11.6 Å². The molecular formula is C8H10Cl2N2O2. The van der Waals surface area contributed by atoms with Crippen molar-refractivity contribution in [3.05, 3.63) is 29.0 Å². The van der Waals surface area contributed by atoms with Crippen LogP contribution in [0.25, 0.3) is 0 Å². The Morgan fingerprint density at radius 3 is 2.86 bits per heavy atom. The fourth-order valence-electron chi connectivity index (χ4n) is 0.892. The zero-order valence-electron chi connectivity index (χ0n) is 7.44. The molecule has 0 saturated carbocycles. The van der Waals surface area contributed by atoms with E-state index in [0.717, 1.165) is 0 Å². The molecule has 1 aromatic rings. The van der Waals surface area contributed by atoms with Gasteiger partial charge in [0.25, 0.3) is 0 Å². The standard InChI is InChI=1S/C8H9ClN2O2.ClH/c1-13-8(12)7(10)5-2-3-11-4-6(5)9;/h2-4,7H,10H2,1H3;1H/t7-;/m0./s1. The molecule has 14 heavy (non-hydrogen) atoms. The summed E-state index contributed by atoms with van der Waals surface area (Å²) < 4.78 is 4.48. The van der Waals surface area contributed by atoms with E-state index < -0.39 is 12.0 Å². The summed E-state index contributed by atoms with van der Waals surface area (Å²) in [5, 5.41) is 0.361. The van der Waals surface area contributed by atoms with Crippen LogP contribution in [-0.4, -0.2) is 18.1 Å². The molecule has 0 aromatic carbocycles. The minimum atomic E-state index is -0.847. The van der Waals surface area contributed by atoms with Crippen LogP contribution in [0, 0.1) is 0 Å². The monoisotopic (exact) mass is 236 g/mol. The minimum Gasteiger partial charge on any atom is -0.468 e. The largest absolute Gasteiger partial charge is 0.468 e. The maximum atomic E-state index is 11.0. The van der Waals surface area contributed by atoms with Crippen LogP contribution in [0.5, 0.6) is 0 Å². The predicted octanol–water partition coefficient (Wildman–Crippen LogP) is 1.33. The summed E-state index contributed by atoms with van der Waals surface area (Å²) in [5.74, 6) is -0.520. The van der Waals surface area contributed by atoms with Gasteiger partial charge >= 0.3 is 5.97 Å². The van der Waals surface area contributed by atoms with E-state index in [0.29, 0.717) is 10.6 Å². The van der Waals surface area contributed by atoms with E-state index in [1.807, 2.05) is 0 Å². The molecule has 0 amide bonds. The van der Waals surface area contributed by atoms with Gasteiger partial charge in [0, 0.05) is 18.0 Å². The molecule has 0 unspecified atom stereocenters. The lowest BCUT2D eigenvalue weighted by atomic mass is 10.1. The number of halogens is 2. The molecule has 0 radical (unpaired) electrons. The van der Waals surface area contributed by atoms with Gasteiger partial charge in [-0.3, -0.25) is 9.78 Å². The third-order valence-electron chi connectivity index (χ3n) is 1.59. The van der Waals surface area contributed by atoms with E-state index >= 15 is 0 Å². The van der Waals surface area contributed by atoms with E-state index in [-0.39, 0.29) is 12.4 Å². The van der Waals surface area contributed by atoms with Crippen LogP contribution in [0.1, 0.15) is 11.6 Å². The van der Waals surface area contributed by atoms with Gasteiger partial charge in [-0.2, -0.15) is 0 Å². The van der Waals surface area contributed by atoms with Crippen molar-refractivity contribution in [3.63, 3.8) is 0 Å². The lowest BCUT2D eigenvalue weighted by Gasteiger charge is -2.09. The van der Waals surface area contributed by atoms with Crippen LogP contribution < -0.4 is 5.73 Å². The van der Waals surface area contributed by atoms with Gasteiger partial charge in [0.2, 0.25) is 0 Å². The molecule has 1 heterocycles. The molecule has 1 atom stereocenters. The van der Waals surface area contributed by atoms with Gasteiger partial charge in [-0.15, -0.1) is 12.4 Å². The Kier molecular flexibility index (Phi) is 5.45. The molecule has 0 spiro atoms. The summed E-state index contributed by atoms with van der Waals surface area (Å²) in [5.41, 5.74) is 6.08. The Balaban J connectivity index is 0.00000169. The van der Waals surface area contributed by atoms with Gasteiger partial charge in [0.1, 0.15) is 6.04 Å². The first-order valence-electron chi connectivity index (χ1n) is 3.59. The molecule has 0 saturated heterocycles. The summed E-state index contributed by atoms with van der Waals surface area (Å²) in [6, 6.07) is 0.740. The number of rotatable bonds is 2. The molecule has 0 fully saturated rings. The maximum Gasteiger partial charge on any atom is 0.327 e. The van der Waals surface area contributed by atoms with E-state index in [2.05, 4.69) is 9.72 Å². The molecule has 0 aliphatic rings. The first-order valence-corrected chi connectivity index (χ1v) is 3.97. The summed E-state index contributed by atoms with van der Waals surface area (Å²) in [6.07, 6.45) is 2.95. The summed E-state index contributed by atoms with van der Waals surface area (Å²) in [7, 11) is 1.28.